The quantitative estimate of drug-likeness (QED) is 0.460. The van der Waals surface area contributed by atoms with E-state index >= 15 is 0 Å². The van der Waals surface area contributed by atoms with Crippen LogP contribution in [0.15, 0.2) is 18.2 Å². The zero-order valence-corrected chi connectivity index (χ0v) is 8.99. The molecule has 0 bridgehead atoms. The van der Waals surface area contributed by atoms with Gasteiger partial charge in [0.15, 0.2) is 0 Å². The van der Waals surface area contributed by atoms with E-state index in [0.717, 1.165) is 25.3 Å². The molecule has 1 aromatic rings. The van der Waals surface area contributed by atoms with Crippen LogP contribution in [0.5, 0.6) is 5.75 Å². The lowest BCUT2D eigenvalue weighted by atomic mass is 10.0. The van der Waals surface area contributed by atoms with E-state index in [2.05, 4.69) is 4.74 Å². The van der Waals surface area contributed by atoms with E-state index in [9.17, 15) is 25.1 Å². The Balaban J connectivity index is 2.99. The van der Waals surface area contributed by atoms with Crippen LogP contribution in [0.3, 0.4) is 0 Å². The Bertz CT molecular complexity index is 444. The van der Waals surface area contributed by atoms with E-state index < -0.39 is 17.0 Å². The minimum Gasteiger partial charge on any atom is -0.508 e. The number of carbonyl (C=O) groups excluding carboxylic acids is 1. The first-order valence-corrected chi connectivity index (χ1v) is 4.68. The number of nitrogens with zero attached hydrogens (tertiary/aromatic N) is 1. The molecule has 0 saturated carbocycles. The van der Waals surface area contributed by atoms with Crippen LogP contribution in [0.1, 0.15) is 18.1 Å². The molecule has 2 N–H and O–H groups in total. The third-order valence-corrected chi connectivity index (χ3v) is 2.17. The van der Waals surface area contributed by atoms with Crippen LogP contribution >= 0.6 is 0 Å². The van der Waals surface area contributed by atoms with Gasteiger partial charge in [-0.2, -0.15) is 0 Å². The number of hydrogen-bond acceptors (Lipinski definition) is 6. The van der Waals surface area contributed by atoms with Gasteiger partial charge in [-0.15, -0.1) is 0 Å². The zero-order valence-electron chi connectivity index (χ0n) is 8.99. The topological polar surface area (TPSA) is 110 Å². The Morgan fingerprint density at radius 1 is 1.59 bits per heavy atom. The van der Waals surface area contributed by atoms with Crippen molar-refractivity contribution in [2.45, 2.75) is 12.5 Å². The predicted octanol–water partition coefficient (Wildman–Crippen LogP) is 0.897. The second-order valence-electron chi connectivity index (χ2n) is 3.30. The summed E-state index contributed by atoms with van der Waals surface area (Å²) < 4.78 is 4.35. The molecule has 0 heterocycles. The highest BCUT2D eigenvalue weighted by Gasteiger charge is 2.19. The first-order valence-electron chi connectivity index (χ1n) is 4.68. The van der Waals surface area contributed by atoms with Crippen molar-refractivity contribution in [1.82, 2.24) is 0 Å². The smallest absolute Gasteiger partial charge is 0.308 e. The summed E-state index contributed by atoms with van der Waals surface area (Å²) in [5.74, 6) is -0.990. The first-order chi connectivity index (χ1) is 7.95. The maximum atomic E-state index is 10.9. The molecule has 0 aliphatic heterocycles. The van der Waals surface area contributed by atoms with Crippen LogP contribution in [0.4, 0.5) is 5.69 Å². The van der Waals surface area contributed by atoms with E-state index in [-0.39, 0.29) is 23.4 Å². The van der Waals surface area contributed by atoms with E-state index in [1.165, 1.54) is 0 Å². The number of rotatable bonds is 4. The van der Waals surface area contributed by atoms with Gasteiger partial charge in [-0.25, -0.2) is 0 Å². The fourth-order valence-electron chi connectivity index (χ4n) is 1.27. The van der Waals surface area contributed by atoms with Crippen molar-refractivity contribution in [3.05, 3.63) is 33.9 Å². The lowest BCUT2D eigenvalue weighted by molar-refractivity contribution is -0.385. The van der Waals surface area contributed by atoms with Gasteiger partial charge in [0.05, 0.1) is 24.6 Å². The molecule has 0 aromatic heterocycles. The van der Waals surface area contributed by atoms with Gasteiger partial charge in [-0.1, -0.05) is 0 Å². The summed E-state index contributed by atoms with van der Waals surface area (Å²) in [4.78, 5) is 20.8. The molecular weight excluding hydrogens is 230 g/mol. The largest absolute Gasteiger partial charge is 0.508 e. The molecule has 92 valence electrons. The maximum absolute atomic E-state index is 10.9. The predicted molar refractivity (Wildman–Crippen MR) is 56.4 cm³/mol. The fraction of sp³-hybridized carbons (Fsp3) is 0.300. The molecule has 0 aliphatic rings. The molecule has 7 heteroatoms. The number of carbonyl (C=O) groups is 1. The Labute approximate surface area is 96.4 Å². The van der Waals surface area contributed by atoms with Crippen LogP contribution in [-0.4, -0.2) is 28.2 Å². The molecule has 17 heavy (non-hydrogen) atoms. The lowest BCUT2D eigenvalue weighted by Gasteiger charge is -2.10. The monoisotopic (exact) mass is 241 g/mol. The van der Waals surface area contributed by atoms with Crippen LogP contribution in [0, 0.1) is 10.1 Å². The summed E-state index contributed by atoms with van der Waals surface area (Å²) in [6, 6.07) is 3.21. The number of phenolic OH excluding ortho intramolecular Hbond substituents is 1. The molecule has 1 rings (SSSR count). The van der Waals surface area contributed by atoms with Gasteiger partial charge in [-0.3, -0.25) is 14.9 Å². The average molecular weight is 241 g/mol. The molecule has 0 saturated heterocycles. The second kappa shape index (κ2) is 5.26. The molecule has 1 aromatic carbocycles. The van der Waals surface area contributed by atoms with E-state index in [1.807, 2.05) is 0 Å². The summed E-state index contributed by atoms with van der Waals surface area (Å²) in [5.41, 5.74) is -0.355. The van der Waals surface area contributed by atoms with E-state index in [1.54, 1.807) is 0 Å². The number of esters is 1. The molecule has 0 spiro atoms. The van der Waals surface area contributed by atoms with Gasteiger partial charge in [0.1, 0.15) is 5.75 Å². The SMILES string of the molecule is COC(=O)CC(O)c1cc([N+](=O)[O-])ccc1O. The highest BCUT2D eigenvalue weighted by Crippen LogP contribution is 2.30. The number of phenols is 1. The minimum atomic E-state index is -1.35. The number of ether oxygens (including phenoxy) is 1. The standard InChI is InChI=1S/C10H11NO6/c1-17-10(14)5-9(13)7-4-6(11(15)16)2-3-8(7)12/h2-4,9,12-13H,5H2,1H3. The van der Waals surface area contributed by atoms with Crippen molar-refractivity contribution >= 4 is 11.7 Å². The molecule has 1 unspecified atom stereocenters. The number of aromatic hydroxyl groups is 1. The first kappa shape index (κ1) is 12.9. The molecule has 0 fully saturated rings. The molecular formula is C10H11NO6. The van der Waals surface area contributed by atoms with Gasteiger partial charge in [0.2, 0.25) is 0 Å². The summed E-state index contributed by atoms with van der Waals surface area (Å²) in [5, 5.41) is 29.6. The number of aliphatic hydroxyl groups excluding tert-OH is 1. The van der Waals surface area contributed by atoms with Crippen LogP contribution in [0.25, 0.3) is 0 Å². The van der Waals surface area contributed by atoms with Gasteiger partial charge >= 0.3 is 5.97 Å². The Kier molecular flexibility index (Phi) is 4.00. The van der Waals surface area contributed by atoms with E-state index in [4.69, 9.17) is 0 Å². The van der Waals surface area contributed by atoms with Crippen LogP contribution in [-0.2, 0) is 9.53 Å². The normalized spacial score (nSPS) is 11.9. The van der Waals surface area contributed by atoms with Gasteiger partial charge in [-0.05, 0) is 6.07 Å². The number of non-ortho nitro benzene ring substituents is 1. The Hall–Kier alpha value is -2.15. The Morgan fingerprint density at radius 2 is 2.24 bits per heavy atom. The number of nitro benzene ring substituents is 1. The molecule has 1 atom stereocenters. The van der Waals surface area contributed by atoms with Gasteiger partial charge < -0.3 is 14.9 Å². The number of nitro groups is 1. The lowest BCUT2D eigenvalue weighted by Crippen LogP contribution is -2.08. The number of methoxy groups -OCH3 is 1. The third kappa shape index (κ3) is 3.15. The summed E-state index contributed by atoms with van der Waals surface area (Å²) >= 11 is 0. The minimum absolute atomic E-state index is 0.0791. The van der Waals surface area contributed by atoms with Crippen molar-refractivity contribution in [2.75, 3.05) is 7.11 Å². The highest BCUT2D eigenvalue weighted by atomic mass is 16.6. The number of hydrogen-bond donors (Lipinski definition) is 2. The summed E-state index contributed by atoms with van der Waals surface area (Å²) in [6.45, 7) is 0. The third-order valence-electron chi connectivity index (χ3n) is 2.17. The number of benzene rings is 1. The van der Waals surface area contributed by atoms with Gasteiger partial charge in [0.25, 0.3) is 5.69 Å². The van der Waals surface area contributed by atoms with Crippen molar-refractivity contribution in [2.24, 2.45) is 0 Å². The summed E-state index contributed by atoms with van der Waals surface area (Å²) in [7, 11) is 1.16. The molecule has 0 amide bonds. The van der Waals surface area contributed by atoms with E-state index in [0.29, 0.717) is 0 Å². The molecule has 0 radical (unpaired) electrons. The van der Waals surface area contributed by atoms with Crippen molar-refractivity contribution < 1.29 is 24.7 Å². The fourth-order valence-corrected chi connectivity index (χ4v) is 1.27. The van der Waals surface area contributed by atoms with Crippen LogP contribution < -0.4 is 0 Å². The average Bonchev–Trinajstić information content (AvgIpc) is 2.28. The van der Waals surface area contributed by atoms with Crippen molar-refractivity contribution in [3.63, 3.8) is 0 Å². The maximum Gasteiger partial charge on any atom is 0.308 e. The van der Waals surface area contributed by atoms with Gasteiger partial charge in [0, 0.05) is 17.7 Å². The molecule has 0 aliphatic carbocycles. The zero-order chi connectivity index (χ0) is 13.0. The van der Waals surface area contributed by atoms with Crippen molar-refractivity contribution in [3.8, 4) is 5.75 Å². The van der Waals surface area contributed by atoms with Crippen LogP contribution in [0.2, 0.25) is 0 Å². The molecule has 7 nitrogen and oxygen atoms in total. The highest BCUT2D eigenvalue weighted by molar-refractivity contribution is 5.70. The van der Waals surface area contributed by atoms with Crippen molar-refractivity contribution in [1.29, 1.82) is 0 Å². The second-order valence-corrected chi connectivity index (χ2v) is 3.30. The Morgan fingerprint density at radius 3 is 2.76 bits per heavy atom. The summed E-state index contributed by atoms with van der Waals surface area (Å²) in [6.07, 6.45) is -1.73. The number of aliphatic hydroxyl groups is 1.